The number of carbonyl (C=O) groups excluding carboxylic acids is 3. The minimum absolute atomic E-state index is 0.102. The molecule has 3 heterocycles. The Morgan fingerprint density at radius 3 is 2.15 bits per heavy atom. The third-order valence-corrected chi connectivity index (χ3v) is 7.94. The van der Waals surface area contributed by atoms with Gasteiger partial charge in [0.15, 0.2) is 0 Å². The van der Waals surface area contributed by atoms with Crippen LogP contribution in [0.25, 0.3) is 10.8 Å². The first kappa shape index (κ1) is 30.0. The SMILES string of the molecule is NC=O.NC=O.O=C(C1=NOC2(CCN(S(=O)(=O)O)CC2)C1)N1CCN(Cc2ccc3ccccc3c2)CC1. The standard InChI is InChI=1S/C23H28N4O5S.2CH3NO/c28-22(21-16-23(32-24-21)7-9-27(10-8-23)33(29,30)31)26-13-11-25(12-14-26)17-18-5-6-19-3-1-2-4-20(19)15-18;2*2-1-3/h1-6,15H,7-14,16-17H2,(H,29,30,31);2*1H,(H2,2,3). The fraction of sp³-hybridized carbons (Fsp3) is 0.440. The molecular weight excluding hydrogens is 528 g/mol. The molecular formula is C25H34N6O7S. The Bertz CT molecular complexity index is 1280. The lowest BCUT2D eigenvalue weighted by atomic mass is 9.87. The zero-order valence-corrected chi connectivity index (χ0v) is 22.3. The molecule has 2 aromatic rings. The third kappa shape index (κ3) is 7.95. The van der Waals surface area contributed by atoms with Crippen LogP contribution in [0, 0.1) is 0 Å². The lowest BCUT2D eigenvalue weighted by Crippen LogP contribution is -2.51. The molecule has 212 valence electrons. The van der Waals surface area contributed by atoms with Crippen molar-refractivity contribution >= 4 is 45.5 Å². The first-order valence-electron chi connectivity index (χ1n) is 12.4. The fourth-order valence-electron chi connectivity index (χ4n) is 4.92. The van der Waals surface area contributed by atoms with Gasteiger partial charge in [0.1, 0.15) is 11.3 Å². The molecule has 2 aromatic carbocycles. The number of oxime groups is 1. The monoisotopic (exact) mass is 562 g/mol. The maximum Gasteiger partial charge on any atom is 0.335 e. The highest BCUT2D eigenvalue weighted by molar-refractivity contribution is 7.83. The van der Waals surface area contributed by atoms with E-state index in [1.807, 2.05) is 17.0 Å². The first-order valence-corrected chi connectivity index (χ1v) is 13.8. The highest BCUT2D eigenvalue weighted by Crippen LogP contribution is 2.35. The van der Waals surface area contributed by atoms with E-state index in [2.05, 4.69) is 51.9 Å². The lowest BCUT2D eigenvalue weighted by molar-refractivity contribution is -0.126. The van der Waals surface area contributed by atoms with E-state index in [-0.39, 0.29) is 31.8 Å². The molecule has 0 atom stereocenters. The summed E-state index contributed by atoms with van der Waals surface area (Å²) in [6, 6.07) is 14.9. The number of piperidine rings is 1. The quantitative estimate of drug-likeness (QED) is 0.345. The van der Waals surface area contributed by atoms with Crippen LogP contribution in [0.2, 0.25) is 0 Å². The van der Waals surface area contributed by atoms with Crippen molar-refractivity contribution in [1.82, 2.24) is 14.1 Å². The maximum atomic E-state index is 13.0. The van der Waals surface area contributed by atoms with E-state index in [0.717, 1.165) is 23.9 Å². The van der Waals surface area contributed by atoms with Crippen LogP contribution in [0.15, 0.2) is 47.6 Å². The Morgan fingerprint density at radius 2 is 1.56 bits per heavy atom. The van der Waals surface area contributed by atoms with Gasteiger partial charge in [0.25, 0.3) is 5.91 Å². The summed E-state index contributed by atoms with van der Waals surface area (Å²) in [5, 5.41) is 6.54. The summed E-state index contributed by atoms with van der Waals surface area (Å²) in [5.41, 5.74) is 9.35. The van der Waals surface area contributed by atoms with Crippen molar-refractivity contribution in [3.8, 4) is 0 Å². The predicted octanol–water partition coefficient (Wildman–Crippen LogP) is 0.101. The molecule has 13 nitrogen and oxygen atoms in total. The van der Waals surface area contributed by atoms with Gasteiger partial charge in [-0.3, -0.25) is 23.8 Å². The van der Waals surface area contributed by atoms with Gasteiger partial charge in [0.2, 0.25) is 12.8 Å². The molecule has 5 N–H and O–H groups in total. The van der Waals surface area contributed by atoms with Crippen LogP contribution >= 0.6 is 0 Å². The molecule has 0 aromatic heterocycles. The van der Waals surface area contributed by atoms with Crippen molar-refractivity contribution in [3.63, 3.8) is 0 Å². The van der Waals surface area contributed by atoms with Gasteiger partial charge in [-0.1, -0.05) is 41.6 Å². The van der Waals surface area contributed by atoms with E-state index in [4.69, 9.17) is 14.4 Å². The third-order valence-electron chi connectivity index (χ3n) is 6.93. The zero-order valence-electron chi connectivity index (χ0n) is 21.5. The second-order valence-corrected chi connectivity index (χ2v) is 10.8. The molecule has 0 aliphatic carbocycles. The Morgan fingerprint density at radius 1 is 0.974 bits per heavy atom. The summed E-state index contributed by atoms with van der Waals surface area (Å²) < 4.78 is 32.9. The lowest BCUT2D eigenvalue weighted by Gasteiger charge is -2.36. The van der Waals surface area contributed by atoms with Gasteiger partial charge in [-0.25, -0.2) is 0 Å². The molecule has 3 aliphatic heterocycles. The Hall–Kier alpha value is -3.59. The van der Waals surface area contributed by atoms with Crippen LogP contribution in [-0.2, 0) is 36.1 Å². The van der Waals surface area contributed by atoms with Crippen molar-refractivity contribution in [3.05, 3.63) is 48.0 Å². The van der Waals surface area contributed by atoms with E-state index < -0.39 is 15.9 Å². The molecule has 2 fully saturated rings. The van der Waals surface area contributed by atoms with Gasteiger partial charge in [0, 0.05) is 65.1 Å². The van der Waals surface area contributed by atoms with Crippen LogP contribution in [0.5, 0.6) is 0 Å². The molecule has 3 amide bonds. The second-order valence-electron chi connectivity index (χ2n) is 9.39. The second kappa shape index (κ2) is 13.5. The Balaban J connectivity index is 0.000000643. The number of nitrogens with two attached hydrogens (primary N) is 2. The summed E-state index contributed by atoms with van der Waals surface area (Å²) >= 11 is 0. The van der Waals surface area contributed by atoms with Gasteiger partial charge in [-0.05, 0) is 22.4 Å². The number of hydrogen-bond acceptors (Lipinski definition) is 8. The van der Waals surface area contributed by atoms with Crippen LogP contribution in [-0.4, -0.2) is 96.4 Å². The minimum atomic E-state index is -4.20. The van der Waals surface area contributed by atoms with Crippen molar-refractivity contribution < 1.29 is 32.2 Å². The molecule has 0 unspecified atom stereocenters. The first-order chi connectivity index (χ1) is 18.6. The van der Waals surface area contributed by atoms with Crippen LogP contribution in [0.1, 0.15) is 24.8 Å². The van der Waals surface area contributed by atoms with Gasteiger partial charge in [-0.15, -0.1) is 0 Å². The van der Waals surface area contributed by atoms with Gasteiger partial charge in [-0.2, -0.15) is 12.7 Å². The fourth-order valence-corrected chi connectivity index (χ4v) is 5.56. The average Bonchev–Trinajstić information content (AvgIpc) is 3.32. The number of amides is 3. The highest BCUT2D eigenvalue weighted by Gasteiger charge is 2.46. The van der Waals surface area contributed by atoms with E-state index >= 15 is 0 Å². The van der Waals surface area contributed by atoms with Crippen molar-refractivity contribution in [2.75, 3.05) is 39.3 Å². The topological polar surface area (TPSA) is 189 Å². The zero-order chi connectivity index (χ0) is 28.5. The summed E-state index contributed by atoms with van der Waals surface area (Å²) in [6.07, 6.45) is 1.67. The van der Waals surface area contributed by atoms with Crippen LogP contribution in [0.3, 0.4) is 0 Å². The molecule has 39 heavy (non-hydrogen) atoms. The van der Waals surface area contributed by atoms with E-state index in [1.165, 1.54) is 16.3 Å². The number of primary amides is 2. The van der Waals surface area contributed by atoms with Crippen molar-refractivity contribution in [1.29, 1.82) is 0 Å². The number of nitrogens with zero attached hydrogens (tertiary/aromatic N) is 4. The summed E-state index contributed by atoms with van der Waals surface area (Å²) in [6.45, 7) is 4.02. The average molecular weight is 563 g/mol. The largest absolute Gasteiger partial charge is 0.388 e. The van der Waals surface area contributed by atoms with Crippen molar-refractivity contribution in [2.24, 2.45) is 16.6 Å². The number of carbonyl (C=O) groups is 3. The Kier molecular flexibility index (Phi) is 10.3. The van der Waals surface area contributed by atoms with Gasteiger partial charge < -0.3 is 21.2 Å². The number of benzene rings is 2. The minimum Gasteiger partial charge on any atom is -0.388 e. The van der Waals surface area contributed by atoms with Crippen molar-refractivity contribution in [2.45, 2.75) is 31.4 Å². The number of fused-ring (bicyclic) bond motifs is 1. The molecule has 0 radical (unpaired) electrons. The summed E-state index contributed by atoms with van der Waals surface area (Å²) in [7, 11) is -4.20. The maximum absolute atomic E-state index is 13.0. The number of rotatable bonds is 4. The molecule has 3 aliphatic rings. The van der Waals surface area contributed by atoms with E-state index in [9.17, 15) is 17.8 Å². The van der Waals surface area contributed by atoms with Gasteiger partial charge >= 0.3 is 10.3 Å². The van der Waals surface area contributed by atoms with E-state index in [0.29, 0.717) is 38.1 Å². The molecule has 14 heteroatoms. The number of hydrogen-bond donors (Lipinski definition) is 3. The molecule has 2 saturated heterocycles. The predicted molar refractivity (Wildman–Crippen MR) is 145 cm³/mol. The highest BCUT2D eigenvalue weighted by atomic mass is 32.2. The molecule has 0 saturated carbocycles. The molecule has 5 rings (SSSR count). The molecule has 0 bridgehead atoms. The van der Waals surface area contributed by atoms with Gasteiger partial charge in [0.05, 0.1) is 0 Å². The smallest absolute Gasteiger partial charge is 0.335 e. The van der Waals surface area contributed by atoms with E-state index in [1.54, 1.807) is 0 Å². The normalized spacial score (nSPS) is 19.1. The Labute approximate surface area is 227 Å². The van der Waals surface area contributed by atoms with Crippen LogP contribution in [0.4, 0.5) is 0 Å². The summed E-state index contributed by atoms with van der Waals surface area (Å²) in [5.74, 6) is -0.102. The van der Waals surface area contributed by atoms with Crippen LogP contribution < -0.4 is 11.5 Å². The molecule has 1 spiro atoms. The summed E-state index contributed by atoms with van der Waals surface area (Å²) in [4.78, 5) is 40.0. The number of piperazine rings is 1.